The van der Waals surface area contributed by atoms with Gasteiger partial charge in [-0.1, -0.05) is 6.92 Å². The molecule has 0 radical (unpaired) electrons. The van der Waals surface area contributed by atoms with E-state index in [-0.39, 0.29) is 0 Å². The first kappa shape index (κ1) is 16.5. The van der Waals surface area contributed by atoms with Crippen LogP contribution in [-0.2, 0) is 0 Å². The quantitative estimate of drug-likeness (QED) is 0.478. The number of aromatic nitrogens is 1. The Morgan fingerprint density at radius 3 is 2.70 bits per heavy atom. The molecule has 1 aromatic heterocycles. The van der Waals surface area contributed by atoms with E-state index in [0.29, 0.717) is 17.2 Å². The lowest BCUT2D eigenvalue weighted by molar-refractivity contribution is 0.328. The third-order valence-corrected chi connectivity index (χ3v) is 3.03. The van der Waals surface area contributed by atoms with Crippen molar-refractivity contribution in [1.29, 1.82) is 0 Å². The van der Waals surface area contributed by atoms with E-state index in [1.165, 1.54) is 19.4 Å². The molecular weight excluding hydrogens is 252 g/mol. The number of nitrogens with zero attached hydrogens (tertiary/aromatic N) is 2. The highest BCUT2D eigenvalue weighted by molar-refractivity contribution is 5.65. The van der Waals surface area contributed by atoms with Crippen molar-refractivity contribution in [3.63, 3.8) is 0 Å². The Morgan fingerprint density at radius 2 is 2.00 bits per heavy atom. The number of nitrogens with two attached hydrogens (primary N) is 2. The van der Waals surface area contributed by atoms with Gasteiger partial charge in [-0.25, -0.2) is 4.98 Å². The molecule has 0 aromatic carbocycles. The lowest BCUT2D eigenvalue weighted by Crippen LogP contribution is -2.27. The molecule has 0 bridgehead atoms. The van der Waals surface area contributed by atoms with E-state index in [9.17, 15) is 0 Å². The van der Waals surface area contributed by atoms with Crippen LogP contribution in [-0.4, -0.2) is 49.7 Å². The first-order chi connectivity index (χ1) is 9.63. The van der Waals surface area contributed by atoms with Crippen molar-refractivity contribution in [2.45, 2.75) is 19.8 Å². The van der Waals surface area contributed by atoms with Gasteiger partial charge in [0, 0.05) is 13.1 Å². The average Bonchev–Trinajstić information content (AvgIpc) is 2.40. The molecule has 0 aliphatic rings. The standard InChI is InChI=1S/C14H28N6/c1-3-8-20(2)9-4-5-17-6-7-18-14-13(16)10-12(15)11-19-14/h10-11,17H,3-9,15-16H2,1-2H3,(H,18,19). The predicted octanol–water partition coefficient (Wildman–Crippen LogP) is 0.979. The number of hydrogen-bond acceptors (Lipinski definition) is 6. The maximum absolute atomic E-state index is 5.81. The van der Waals surface area contributed by atoms with Gasteiger partial charge >= 0.3 is 0 Å². The minimum absolute atomic E-state index is 0.586. The van der Waals surface area contributed by atoms with E-state index in [2.05, 4.69) is 34.5 Å². The van der Waals surface area contributed by atoms with Crippen molar-refractivity contribution in [2.75, 3.05) is 56.6 Å². The normalized spacial score (nSPS) is 10.9. The van der Waals surface area contributed by atoms with E-state index in [1.807, 2.05) is 0 Å². The van der Waals surface area contributed by atoms with E-state index in [1.54, 1.807) is 12.3 Å². The number of nitrogen functional groups attached to an aromatic ring is 2. The Kier molecular flexibility index (Phi) is 7.75. The zero-order valence-electron chi connectivity index (χ0n) is 12.7. The number of rotatable bonds is 10. The fourth-order valence-electron chi connectivity index (χ4n) is 2.01. The number of pyridine rings is 1. The van der Waals surface area contributed by atoms with E-state index < -0.39 is 0 Å². The van der Waals surface area contributed by atoms with Crippen LogP contribution in [0.5, 0.6) is 0 Å². The SMILES string of the molecule is CCCN(C)CCCNCCNc1ncc(N)cc1N. The summed E-state index contributed by atoms with van der Waals surface area (Å²) in [6.07, 6.45) is 3.98. The number of anilines is 3. The van der Waals surface area contributed by atoms with Gasteiger partial charge in [0.2, 0.25) is 0 Å². The molecule has 0 aliphatic heterocycles. The van der Waals surface area contributed by atoms with Crippen molar-refractivity contribution in [1.82, 2.24) is 15.2 Å². The van der Waals surface area contributed by atoms with Crippen LogP contribution in [0.15, 0.2) is 12.3 Å². The smallest absolute Gasteiger partial charge is 0.149 e. The summed E-state index contributed by atoms with van der Waals surface area (Å²) in [6.45, 7) is 7.23. The average molecular weight is 280 g/mol. The van der Waals surface area contributed by atoms with Crippen LogP contribution in [0.3, 0.4) is 0 Å². The lowest BCUT2D eigenvalue weighted by Gasteiger charge is -2.15. The van der Waals surface area contributed by atoms with E-state index in [4.69, 9.17) is 11.5 Å². The fourth-order valence-corrected chi connectivity index (χ4v) is 2.01. The van der Waals surface area contributed by atoms with Crippen molar-refractivity contribution in [3.8, 4) is 0 Å². The van der Waals surface area contributed by atoms with E-state index >= 15 is 0 Å². The van der Waals surface area contributed by atoms with Crippen molar-refractivity contribution in [2.24, 2.45) is 0 Å². The minimum atomic E-state index is 0.586. The number of hydrogen-bond donors (Lipinski definition) is 4. The second-order valence-corrected chi connectivity index (χ2v) is 5.04. The molecule has 1 heterocycles. The molecule has 0 saturated carbocycles. The Labute approximate surface area is 121 Å². The molecule has 6 nitrogen and oxygen atoms in total. The summed E-state index contributed by atoms with van der Waals surface area (Å²) in [5.74, 6) is 0.698. The molecule has 0 fully saturated rings. The lowest BCUT2D eigenvalue weighted by atomic mass is 10.3. The summed E-state index contributed by atoms with van der Waals surface area (Å²) in [5.41, 5.74) is 12.6. The van der Waals surface area contributed by atoms with Gasteiger partial charge in [-0.2, -0.15) is 0 Å². The largest absolute Gasteiger partial charge is 0.397 e. The fraction of sp³-hybridized carbons (Fsp3) is 0.643. The van der Waals surface area contributed by atoms with Crippen LogP contribution in [0.4, 0.5) is 17.2 Å². The second-order valence-electron chi connectivity index (χ2n) is 5.04. The second kappa shape index (κ2) is 9.39. The molecule has 0 spiro atoms. The Bertz CT molecular complexity index is 382. The van der Waals surface area contributed by atoms with Gasteiger partial charge in [0.05, 0.1) is 17.6 Å². The maximum atomic E-state index is 5.81. The van der Waals surface area contributed by atoms with Crippen LogP contribution in [0, 0.1) is 0 Å². The van der Waals surface area contributed by atoms with Crippen LogP contribution in [0.25, 0.3) is 0 Å². The predicted molar refractivity (Wildman–Crippen MR) is 86.8 cm³/mol. The van der Waals surface area contributed by atoms with Crippen LogP contribution < -0.4 is 22.1 Å². The molecule has 0 aliphatic carbocycles. The zero-order chi connectivity index (χ0) is 14.8. The Balaban J connectivity index is 2.05. The first-order valence-corrected chi connectivity index (χ1v) is 7.27. The third kappa shape index (κ3) is 6.58. The van der Waals surface area contributed by atoms with Gasteiger partial charge in [-0.05, 0) is 45.6 Å². The van der Waals surface area contributed by atoms with Crippen LogP contribution >= 0.6 is 0 Å². The van der Waals surface area contributed by atoms with Gasteiger partial charge in [-0.15, -0.1) is 0 Å². The molecule has 6 heteroatoms. The summed E-state index contributed by atoms with van der Waals surface area (Å²) >= 11 is 0. The molecule has 0 saturated heterocycles. The Hall–Kier alpha value is -1.53. The van der Waals surface area contributed by atoms with Gasteiger partial charge in [0.25, 0.3) is 0 Å². The van der Waals surface area contributed by atoms with E-state index in [0.717, 1.165) is 26.2 Å². The molecular formula is C14H28N6. The van der Waals surface area contributed by atoms with Crippen LogP contribution in [0.1, 0.15) is 19.8 Å². The summed E-state index contributed by atoms with van der Waals surface area (Å²) in [5, 5.41) is 6.60. The van der Waals surface area contributed by atoms with Gasteiger partial charge < -0.3 is 27.0 Å². The molecule has 20 heavy (non-hydrogen) atoms. The zero-order valence-corrected chi connectivity index (χ0v) is 12.7. The summed E-state index contributed by atoms with van der Waals surface area (Å²) in [6, 6.07) is 1.71. The summed E-state index contributed by atoms with van der Waals surface area (Å²) in [4.78, 5) is 6.52. The molecule has 0 atom stereocenters. The number of nitrogens with one attached hydrogen (secondary N) is 2. The highest BCUT2D eigenvalue weighted by Gasteiger charge is 2.00. The van der Waals surface area contributed by atoms with Gasteiger partial charge in [0.1, 0.15) is 5.82 Å². The summed E-state index contributed by atoms with van der Waals surface area (Å²) < 4.78 is 0. The monoisotopic (exact) mass is 280 g/mol. The van der Waals surface area contributed by atoms with Crippen molar-refractivity contribution < 1.29 is 0 Å². The molecule has 0 unspecified atom stereocenters. The first-order valence-electron chi connectivity index (χ1n) is 7.27. The molecule has 114 valence electrons. The summed E-state index contributed by atoms with van der Waals surface area (Å²) in [7, 11) is 2.17. The van der Waals surface area contributed by atoms with Gasteiger partial charge in [-0.3, -0.25) is 0 Å². The molecule has 1 aromatic rings. The molecule has 1 rings (SSSR count). The highest BCUT2D eigenvalue weighted by Crippen LogP contribution is 2.16. The third-order valence-electron chi connectivity index (χ3n) is 3.03. The molecule has 6 N–H and O–H groups in total. The van der Waals surface area contributed by atoms with Crippen molar-refractivity contribution >= 4 is 17.2 Å². The topological polar surface area (TPSA) is 92.2 Å². The Morgan fingerprint density at radius 1 is 1.20 bits per heavy atom. The maximum Gasteiger partial charge on any atom is 0.149 e. The van der Waals surface area contributed by atoms with Crippen LogP contribution in [0.2, 0.25) is 0 Å². The minimum Gasteiger partial charge on any atom is -0.397 e. The highest BCUT2D eigenvalue weighted by atomic mass is 15.1. The van der Waals surface area contributed by atoms with Crippen molar-refractivity contribution in [3.05, 3.63) is 12.3 Å². The van der Waals surface area contributed by atoms with Gasteiger partial charge in [0.15, 0.2) is 0 Å². The molecule has 0 amide bonds.